The highest BCUT2D eigenvalue weighted by atomic mass is 32.2. The maximum absolute atomic E-state index is 11.7. The first-order valence-corrected chi connectivity index (χ1v) is 7.59. The molecule has 1 heterocycles. The van der Waals surface area contributed by atoms with Crippen molar-refractivity contribution in [1.82, 2.24) is 19.7 Å². The highest BCUT2D eigenvalue weighted by molar-refractivity contribution is 7.93. The lowest BCUT2D eigenvalue weighted by Crippen LogP contribution is -2.35. The van der Waals surface area contributed by atoms with Crippen LogP contribution in [0.15, 0.2) is 11.0 Å². The van der Waals surface area contributed by atoms with Gasteiger partial charge in [0.15, 0.2) is 0 Å². The van der Waals surface area contributed by atoms with Crippen LogP contribution in [0.25, 0.3) is 0 Å². The van der Waals surface area contributed by atoms with Gasteiger partial charge in [-0.2, -0.15) is 15.0 Å². The first-order chi connectivity index (χ1) is 9.78. The Balaban J connectivity index is 2.84. The number of aryl methyl sites for hydroxylation is 1. The van der Waals surface area contributed by atoms with Gasteiger partial charge in [-0.1, -0.05) is 6.08 Å². The summed E-state index contributed by atoms with van der Waals surface area (Å²) in [7, 11) is -3.86. The van der Waals surface area contributed by atoms with E-state index in [1.54, 1.807) is 20.8 Å². The number of aromatic nitrogens is 3. The Hall–Kier alpha value is -2.23. The zero-order valence-electron chi connectivity index (χ0n) is 12.2. The van der Waals surface area contributed by atoms with Gasteiger partial charge in [-0.3, -0.25) is 5.32 Å². The number of rotatable bonds is 5. The average Bonchev–Trinajstić information content (AvgIpc) is 2.36. The summed E-state index contributed by atoms with van der Waals surface area (Å²) < 4.78 is 30.3. The van der Waals surface area contributed by atoms with Crippen molar-refractivity contribution in [3.05, 3.63) is 16.8 Å². The number of anilines is 1. The summed E-state index contributed by atoms with van der Waals surface area (Å²) in [6.45, 7) is 6.62. The van der Waals surface area contributed by atoms with Crippen molar-refractivity contribution in [2.24, 2.45) is 0 Å². The van der Waals surface area contributed by atoms with Crippen LogP contribution < -0.4 is 14.8 Å². The molecule has 0 atom stereocenters. The van der Waals surface area contributed by atoms with Gasteiger partial charge in [0.1, 0.15) is 5.82 Å². The summed E-state index contributed by atoms with van der Waals surface area (Å²) in [5.41, 5.74) is 0. The fourth-order valence-corrected chi connectivity index (χ4v) is 1.96. The molecule has 0 unspecified atom stereocenters. The number of allylic oxidation sites excluding steroid dienone is 2. The number of amides is 2. The number of hydrogen-bond donors (Lipinski definition) is 2. The van der Waals surface area contributed by atoms with E-state index in [9.17, 15) is 13.2 Å². The van der Waals surface area contributed by atoms with Crippen molar-refractivity contribution in [2.75, 3.05) is 11.9 Å². The minimum atomic E-state index is -3.86. The number of nitrogens with one attached hydrogen (secondary N) is 2. The third-order valence-corrected chi connectivity index (χ3v) is 3.82. The molecule has 2 amide bonds. The standard InChI is InChI=1S/C11H17N5O4S/c1-5-7(3)21(18,19)16-10(17)14-9-12-8(4)13-11(15-9)20-6-2/h5H,6H2,1-4H3,(H2,12,13,14,15,16,17)/b7-5-. The molecule has 0 radical (unpaired) electrons. The predicted molar refractivity (Wildman–Crippen MR) is 76.2 cm³/mol. The maximum atomic E-state index is 11.7. The molecule has 2 N–H and O–H groups in total. The number of ether oxygens (including phenoxy) is 1. The molecule has 0 spiro atoms. The molecule has 0 bridgehead atoms. The van der Waals surface area contributed by atoms with Crippen LogP contribution in [0.2, 0.25) is 0 Å². The number of carbonyl (C=O) groups excluding carboxylic acids is 1. The smallest absolute Gasteiger partial charge is 0.335 e. The molecule has 1 aromatic heterocycles. The maximum Gasteiger partial charge on any atom is 0.335 e. The predicted octanol–water partition coefficient (Wildman–Crippen LogP) is 0.954. The third-order valence-electron chi connectivity index (χ3n) is 2.28. The molecule has 1 rings (SSSR count). The number of sulfonamides is 1. The molecule has 1 aromatic rings. The molecule has 21 heavy (non-hydrogen) atoms. The topological polar surface area (TPSA) is 123 Å². The van der Waals surface area contributed by atoms with Gasteiger partial charge in [-0.15, -0.1) is 0 Å². The fraction of sp³-hybridized carbons (Fsp3) is 0.455. The van der Waals surface area contributed by atoms with Gasteiger partial charge < -0.3 is 4.74 Å². The molecule has 0 saturated heterocycles. The Morgan fingerprint density at radius 3 is 2.57 bits per heavy atom. The summed E-state index contributed by atoms with van der Waals surface area (Å²) in [6.07, 6.45) is 1.37. The van der Waals surface area contributed by atoms with Gasteiger partial charge in [0.05, 0.1) is 11.5 Å². The molecule has 9 nitrogen and oxygen atoms in total. The van der Waals surface area contributed by atoms with Crippen molar-refractivity contribution in [3.63, 3.8) is 0 Å². The van der Waals surface area contributed by atoms with E-state index in [1.165, 1.54) is 13.0 Å². The van der Waals surface area contributed by atoms with Crippen LogP contribution in [-0.4, -0.2) is 36.0 Å². The minimum Gasteiger partial charge on any atom is -0.464 e. The van der Waals surface area contributed by atoms with Crippen LogP contribution in [0, 0.1) is 6.92 Å². The molecule has 10 heteroatoms. The second-order valence-electron chi connectivity index (χ2n) is 3.88. The molecular weight excluding hydrogens is 298 g/mol. The largest absolute Gasteiger partial charge is 0.464 e. The van der Waals surface area contributed by atoms with Gasteiger partial charge in [-0.05, 0) is 27.7 Å². The van der Waals surface area contributed by atoms with Crippen molar-refractivity contribution in [3.8, 4) is 6.01 Å². The Morgan fingerprint density at radius 2 is 2.00 bits per heavy atom. The fourth-order valence-electron chi connectivity index (χ4n) is 1.19. The van der Waals surface area contributed by atoms with Crippen LogP contribution in [0.4, 0.5) is 10.7 Å². The summed E-state index contributed by atoms with van der Waals surface area (Å²) in [5.74, 6) is 0.230. The van der Waals surface area contributed by atoms with Crippen LogP contribution in [0.5, 0.6) is 6.01 Å². The van der Waals surface area contributed by atoms with Gasteiger partial charge in [0, 0.05) is 0 Å². The number of hydrogen-bond acceptors (Lipinski definition) is 7. The van der Waals surface area contributed by atoms with E-state index in [0.717, 1.165) is 0 Å². The van der Waals surface area contributed by atoms with Gasteiger partial charge >= 0.3 is 12.0 Å². The molecule has 0 aromatic carbocycles. The molecule has 116 valence electrons. The molecule has 0 fully saturated rings. The van der Waals surface area contributed by atoms with E-state index in [0.29, 0.717) is 12.4 Å². The normalized spacial score (nSPS) is 11.9. The zero-order chi connectivity index (χ0) is 16.0. The lowest BCUT2D eigenvalue weighted by atomic mass is 10.6. The van der Waals surface area contributed by atoms with Crippen LogP contribution in [0.3, 0.4) is 0 Å². The van der Waals surface area contributed by atoms with E-state index < -0.39 is 16.1 Å². The van der Waals surface area contributed by atoms with Gasteiger partial charge in [0.2, 0.25) is 5.95 Å². The van der Waals surface area contributed by atoms with Crippen molar-refractivity contribution in [1.29, 1.82) is 0 Å². The second kappa shape index (κ2) is 6.97. The van der Waals surface area contributed by atoms with Gasteiger partial charge in [0.25, 0.3) is 10.0 Å². The summed E-state index contributed by atoms with van der Waals surface area (Å²) >= 11 is 0. The van der Waals surface area contributed by atoms with Crippen molar-refractivity contribution in [2.45, 2.75) is 27.7 Å². The van der Waals surface area contributed by atoms with Gasteiger partial charge in [-0.25, -0.2) is 17.9 Å². The summed E-state index contributed by atoms with van der Waals surface area (Å²) in [5, 5.41) is 2.22. The molecule has 0 aliphatic heterocycles. The van der Waals surface area contributed by atoms with E-state index in [-0.39, 0.29) is 16.9 Å². The Kier molecular flexibility index (Phi) is 5.59. The Morgan fingerprint density at radius 1 is 1.33 bits per heavy atom. The molecular formula is C11H17N5O4S. The second-order valence-corrected chi connectivity index (χ2v) is 5.74. The zero-order valence-corrected chi connectivity index (χ0v) is 13.0. The number of carbonyl (C=O) groups is 1. The quantitative estimate of drug-likeness (QED) is 0.829. The first-order valence-electron chi connectivity index (χ1n) is 6.10. The lowest BCUT2D eigenvalue weighted by Gasteiger charge is -2.08. The monoisotopic (exact) mass is 315 g/mol. The Labute approximate surface area is 122 Å². The average molecular weight is 315 g/mol. The van der Waals surface area contributed by atoms with E-state index in [1.807, 2.05) is 4.72 Å². The highest BCUT2D eigenvalue weighted by Gasteiger charge is 2.17. The van der Waals surface area contributed by atoms with Crippen molar-refractivity contribution < 1.29 is 17.9 Å². The van der Waals surface area contributed by atoms with Crippen LogP contribution in [-0.2, 0) is 10.0 Å². The summed E-state index contributed by atoms with van der Waals surface area (Å²) in [6, 6.07) is -0.919. The van der Waals surface area contributed by atoms with Crippen LogP contribution in [0.1, 0.15) is 26.6 Å². The first kappa shape index (κ1) is 16.8. The number of urea groups is 1. The Bertz CT molecular complexity index is 657. The van der Waals surface area contributed by atoms with E-state index in [4.69, 9.17) is 4.74 Å². The molecule has 0 aliphatic rings. The number of nitrogens with zero attached hydrogens (tertiary/aromatic N) is 3. The third kappa shape index (κ3) is 4.99. The highest BCUT2D eigenvalue weighted by Crippen LogP contribution is 2.08. The minimum absolute atomic E-state index is 0.0273. The summed E-state index contributed by atoms with van der Waals surface area (Å²) in [4.78, 5) is 23.3. The SMILES string of the molecule is C/C=C(/C)S(=O)(=O)NC(=O)Nc1nc(C)nc(OCC)n1. The van der Waals surface area contributed by atoms with Crippen molar-refractivity contribution >= 4 is 22.0 Å². The molecule has 0 aliphatic carbocycles. The lowest BCUT2D eigenvalue weighted by molar-refractivity contribution is 0.256. The molecule has 0 saturated carbocycles. The van der Waals surface area contributed by atoms with E-state index in [2.05, 4.69) is 20.3 Å². The van der Waals surface area contributed by atoms with Crippen LogP contribution >= 0.6 is 0 Å². The van der Waals surface area contributed by atoms with E-state index >= 15 is 0 Å².